The maximum absolute atomic E-state index is 13.2. The predicted octanol–water partition coefficient (Wildman–Crippen LogP) is 3.94. The van der Waals surface area contributed by atoms with Crippen molar-refractivity contribution in [1.29, 1.82) is 0 Å². The van der Waals surface area contributed by atoms with Crippen molar-refractivity contribution >= 4 is 11.6 Å². The van der Waals surface area contributed by atoms with Crippen LogP contribution in [0.25, 0.3) is 5.65 Å². The van der Waals surface area contributed by atoms with Gasteiger partial charge in [0.2, 0.25) is 5.91 Å². The SMILES string of the molecule is COc1ccccc1CC(=O)N1CCC[C@@H]1c1ccnc2cc(C(C)(C)C)nn12. The first kappa shape index (κ1) is 19.4. The molecule has 1 aromatic carbocycles. The molecule has 1 aliphatic rings. The first-order valence-corrected chi connectivity index (χ1v) is 10.1. The molecular formula is C23H28N4O2. The van der Waals surface area contributed by atoms with Crippen LogP contribution in [-0.4, -0.2) is 39.1 Å². The topological polar surface area (TPSA) is 59.7 Å². The van der Waals surface area contributed by atoms with Gasteiger partial charge in [-0.15, -0.1) is 0 Å². The van der Waals surface area contributed by atoms with Gasteiger partial charge in [-0.05, 0) is 25.0 Å². The second-order valence-corrected chi connectivity index (χ2v) is 8.65. The quantitative estimate of drug-likeness (QED) is 0.675. The number of nitrogens with zero attached hydrogens (tertiary/aromatic N) is 4. The molecule has 1 atom stereocenters. The molecule has 0 unspecified atom stereocenters. The van der Waals surface area contributed by atoms with Crippen LogP contribution < -0.4 is 4.74 Å². The summed E-state index contributed by atoms with van der Waals surface area (Å²) >= 11 is 0. The minimum absolute atomic E-state index is 0.00965. The highest BCUT2D eigenvalue weighted by Crippen LogP contribution is 2.33. The summed E-state index contributed by atoms with van der Waals surface area (Å²) in [5.41, 5.74) is 3.72. The Morgan fingerprint density at radius 2 is 2.03 bits per heavy atom. The third kappa shape index (κ3) is 3.71. The van der Waals surface area contributed by atoms with Crippen molar-refractivity contribution in [2.75, 3.05) is 13.7 Å². The molecule has 2 aromatic heterocycles. The van der Waals surface area contributed by atoms with Crippen LogP contribution in [0.15, 0.2) is 42.6 Å². The second-order valence-electron chi connectivity index (χ2n) is 8.65. The Morgan fingerprint density at radius 1 is 1.24 bits per heavy atom. The number of carbonyl (C=O) groups is 1. The Hall–Kier alpha value is -2.89. The van der Waals surface area contributed by atoms with E-state index in [1.807, 2.05) is 52.0 Å². The van der Waals surface area contributed by atoms with Gasteiger partial charge in [0.15, 0.2) is 5.65 Å². The van der Waals surface area contributed by atoms with E-state index in [-0.39, 0.29) is 17.4 Å². The number of ether oxygens (including phenoxy) is 1. The summed E-state index contributed by atoms with van der Waals surface area (Å²) in [4.78, 5) is 19.7. The molecule has 0 bridgehead atoms. The number of hydrogen-bond donors (Lipinski definition) is 0. The van der Waals surface area contributed by atoms with Gasteiger partial charge < -0.3 is 9.64 Å². The van der Waals surface area contributed by atoms with Gasteiger partial charge in [0.1, 0.15) is 5.75 Å². The number of methoxy groups -OCH3 is 1. The maximum atomic E-state index is 13.2. The summed E-state index contributed by atoms with van der Waals surface area (Å²) in [6.07, 6.45) is 4.07. The molecule has 1 saturated heterocycles. The smallest absolute Gasteiger partial charge is 0.227 e. The summed E-state index contributed by atoms with van der Waals surface area (Å²) in [5, 5.41) is 4.83. The van der Waals surface area contributed by atoms with Crippen LogP contribution in [0.4, 0.5) is 0 Å². The number of carbonyl (C=O) groups excluding carboxylic acids is 1. The lowest BCUT2D eigenvalue weighted by molar-refractivity contribution is -0.131. The van der Waals surface area contributed by atoms with E-state index in [9.17, 15) is 4.79 Å². The number of fused-ring (bicyclic) bond motifs is 1. The lowest BCUT2D eigenvalue weighted by Crippen LogP contribution is -2.33. The molecule has 0 N–H and O–H groups in total. The summed E-state index contributed by atoms with van der Waals surface area (Å²) in [5.74, 6) is 0.870. The van der Waals surface area contributed by atoms with Gasteiger partial charge in [0.05, 0.1) is 31.0 Å². The van der Waals surface area contributed by atoms with Gasteiger partial charge >= 0.3 is 0 Å². The van der Waals surface area contributed by atoms with Crippen molar-refractivity contribution in [2.24, 2.45) is 0 Å². The van der Waals surface area contributed by atoms with E-state index >= 15 is 0 Å². The van der Waals surface area contributed by atoms with Crippen LogP contribution in [0.2, 0.25) is 0 Å². The van der Waals surface area contributed by atoms with E-state index in [1.165, 1.54) is 0 Å². The molecule has 6 nitrogen and oxygen atoms in total. The van der Waals surface area contributed by atoms with Gasteiger partial charge in [-0.1, -0.05) is 39.0 Å². The van der Waals surface area contributed by atoms with Crippen molar-refractivity contribution in [1.82, 2.24) is 19.5 Å². The van der Waals surface area contributed by atoms with Crippen LogP contribution in [-0.2, 0) is 16.6 Å². The Kier molecular flexibility index (Phi) is 5.03. The highest BCUT2D eigenvalue weighted by Gasteiger charge is 2.32. The zero-order valence-electron chi connectivity index (χ0n) is 17.6. The van der Waals surface area contributed by atoms with E-state index in [2.05, 4.69) is 25.8 Å². The molecule has 0 spiro atoms. The van der Waals surface area contributed by atoms with E-state index in [0.717, 1.165) is 47.7 Å². The van der Waals surface area contributed by atoms with E-state index in [4.69, 9.17) is 9.84 Å². The minimum atomic E-state index is -0.0555. The monoisotopic (exact) mass is 392 g/mol. The zero-order valence-corrected chi connectivity index (χ0v) is 17.6. The average molecular weight is 393 g/mol. The molecule has 4 rings (SSSR count). The molecule has 1 aliphatic heterocycles. The third-order valence-corrected chi connectivity index (χ3v) is 5.60. The highest BCUT2D eigenvalue weighted by molar-refractivity contribution is 5.80. The molecule has 29 heavy (non-hydrogen) atoms. The molecule has 1 amide bonds. The molecule has 0 aliphatic carbocycles. The fourth-order valence-electron chi connectivity index (χ4n) is 4.02. The van der Waals surface area contributed by atoms with Crippen molar-refractivity contribution in [3.8, 4) is 5.75 Å². The van der Waals surface area contributed by atoms with E-state index < -0.39 is 0 Å². The molecule has 3 aromatic rings. The van der Waals surface area contributed by atoms with Crippen LogP contribution in [0, 0.1) is 0 Å². The van der Waals surface area contributed by atoms with Crippen molar-refractivity contribution in [3.05, 3.63) is 59.5 Å². The number of para-hydroxylation sites is 1. The van der Waals surface area contributed by atoms with Crippen molar-refractivity contribution in [2.45, 2.75) is 51.5 Å². The number of likely N-dealkylation sites (tertiary alicyclic amines) is 1. The molecule has 0 radical (unpaired) electrons. The molecular weight excluding hydrogens is 364 g/mol. The Balaban J connectivity index is 1.65. The summed E-state index contributed by atoms with van der Waals surface area (Å²) in [7, 11) is 1.64. The van der Waals surface area contributed by atoms with Crippen LogP contribution in [0.1, 0.15) is 56.6 Å². The Labute approximate surface area is 171 Å². The second kappa shape index (κ2) is 7.50. The van der Waals surface area contributed by atoms with Gasteiger partial charge in [-0.3, -0.25) is 4.79 Å². The summed E-state index contributed by atoms with van der Waals surface area (Å²) in [6, 6.07) is 11.8. The Bertz CT molecular complexity index is 1030. The molecule has 152 valence electrons. The number of rotatable bonds is 4. The standard InChI is InChI=1S/C23H28N4O2/c1-23(2,3)20-15-21-24-12-11-18(27(21)25-20)17-9-7-13-26(17)22(28)14-16-8-5-6-10-19(16)29-4/h5-6,8,10-12,15,17H,7,9,13-14H2,1-4H3/t17-/m1/s1. The Morgan fingerprint density at radius 3 is 2.79 bits per heavy atom. The van der Waals surface area contributed by atoms with Gasteiger partial charge in [-0.25, -0.2) is 9.50 Å². The number of amides is 1. The summed E-state index contributed by atoms with van der Waals surface area (Å²) < 4.78 is 7.34. The molecule has 0 saturated carbocycles. The zero-order chi connectivity index (χ0) is 20.6. The normalized spacial score (nSPS) is 17.1. The molecule has 6 heteroatoms. The first-order valence-electron chi connectivity index (χ1n) is 10.1. The van der Waals surface area contributed by atoms with Gasteiger partial charge in [0, 0.05) is 29.8 Å². The molecule has 3 heterocycles. The number of aromatic nitrogens is 3. The largest absolute Gasteiger partial charge is 0.496 e. The van der Waals surface area contributed by atoms with E-state index in [0.29, 0.717) is 6.42 Å². The number of hydrogen-bond acceptors (Lipinski definition) is 4. The average Bonchev–Trinajstić information content (AvgIpc) is 3.35. The van der Waals surface area contributed by atoms with Crippen molar-refractivity contribution < 1.29 is 9.53 Å². The lowest BCUT2D eigenvalue weighted by Gasteiger charge is -2.25. The lowest BCUT2D eigenvalue weighted by atomic mass is 9.93. The predicted molar refractivity (Wildman–Crippen MR) is 112 cm³/mol. The van der Waals surface area contributed by atoms with Gasteiger partial charge in [-0.2, -0.15) is 5.10 Å². The maximum Gasteiger partial charge on any atom is 0.227 e. The fourth-order valence-corrected chi connectivity index (χ4v) is 4.02. The number of benzene rings is 1. The van der Waals surface area contributed by atoms with E-state index in [1.54, 1.807) is 7.11 Å². The first-order chi connectivity index (χ1) is 13.9. The molecule has 1 fully saturated rings. The highest BCUT2D eigenvalue weighted by atomic mass is 16.5. The third-order valence-electron chi connectivity index (χ3n) is 5.60. The minimum Gasteiger partial charge on any atom is -0.496 e. The van der Waals surface area contributed by atoms with Gasteiger partial charge in [0.25, 0.3) is 0 Å². The van der Waals surface area contributed by atoms with Crippen molar-refractivity contribution in [3.63, 3.8) is 0 Å². The van der Waals surface area contributed by atoms with Crippen LogP contribution >= 0.6 is 0 Å². The summed E-state index contributed by atoms with van der Waals surface area (Å²) in [6.45, 7) is 7.20. The fraction of sp³-hybridized carbons (Fsp3) is 0.435. The van der Waals surface area contributed by atoms with Crippen LogP contribution in [0.3, 0.4) is 0 Å². The van der Waals surface area contributed by atoms with Crippen LogP contribution in [0.5, 0.6) is 5.75 Å².